The molecule has 9 heteroatoms. The summed E-state index contributed by atoms with van der Waals surface area (Å²) in [5.41, 5.74) is 0.619. The Morgan fingerprint density at radius 2 is 1.87 bits per heavy atom. The summed E-state index contributed by atoms with van der Waals surface area (Å²) in [5.74, 6) is -0.0461. The molecule has 30 heavy (non-hydrogen) atoms. The van der Waals surface area contributed by atoms with Gasteiger partial charge in [-0.2, -0.15) is 0 Å². The van der Waals surface area contributed by atoms with Gasteiger partial charge in [0.05, 0.1) is 18.6 Å². The van der Waals surface area contributed by atoms with Crippen molar-refractivity contribution >= 4 is 35.0 Å². The van der Waals surface area contributed by atoms with Gasteiger partial charge in [0.25, 0.3) is 11.1 Å². The van der Waals surface area contributed by atoms with Crippen LogP contribution < -0.4 is 14.2 Å². The summed E-state index contributed by atoms with van der Waals surface area (Å²) in [6, 6.07) is 13.7. The lowest BCUT2D eigenvalue weighted by atomic mass is 10.2. The zero-order valence-corrected chi connectivity index (χ0v) is 16.9. The molecule has 1 aliphatic rings. The van der Waals surface area contributed by atoms with E-state index < -0.39 is 18.5 Å². The maximum atomic E-state index is 12.6. The minimum absolute atomic E-state index is 0.0990. The van der Waals surface area contributed by atoms with Gasteiger partial charge in [0.2, 0.25) is 0 Å². The number of carbonyl (C=O) groups is 3. The number of hydrogen-bond acceptors (Lipinski definition) is 7. The van der Waals surface area contributed by atoms with Gasteiger partial charge in [0, 0.05) is 0 Å². The molecule has 0 radical (unpaired) electrons. The Hall–Kier alpha value is -3.46. The first-order valence-corrected chi connectivity index (χ1v) is 9.75. The van der Waals surface area contributed by atoms with Crippen molar-refractivity contribution in [1.82, 2.24) is 4.90 Å². The molecular formula is C21H19NO7S. The van der Waals surface area contributed by atoms with Gasteiger partial charge in [-0.3, -0.25) is 14.5 Å². The van der Waals surface area contributed by atoms with Crippen molar-refractivity contribution in [1.29, 1.82) is 0 Å². The van der Waals surface area contributed by atoms with Crippen LogP contribution in [0.2, 0.25) is 0 Å². The Balaban J connectivity index is 1.63. The van der Waals surface area contributed by atoms with E-state index in [9.17, 15) is 14.4 Å². The SMILES string of the molecule is COc1ccccc1OCCN1C(=O)S/C(=C\c2cccc(OCC(=O)O)c2)C1=O. The number of carboxylic acids is 1. The van der Waals surface area contributed by atoms with Crippen LogP contribution in [0.15, 0.2) is 53.4 Å². The lowest BCUT2D eigenvalue weighted by molar-refractivity contribution is -0.139. The summed E-state index contributed by atoms with van der Waals surface area (Å²) in [6.45, 7) is -0.238. The van der Waals surface area contributed by atoms with E-state index in [-0.39, 0.29) is 23.3 Å². The number of benzene rings is 2. The van der Waals surface area contributed by atoms with Crippen LogP contribution in [0.3, 0.4) is 0 Å². The second kappa shape index (κ2) is 9.84. The van der Waals surface area contributed by atoms with Crippen LogP contribution in [0.1, 0.15) is 5.56 Å². The number of nitrogens with zero attached hydrogens (tertiary/aromatic N) is 1. The van der Waals surface area contributed by atoms with Crippen molar-refractivity contribution in [2.45, 2.75) is 0 Å². The number of para-hydroxylation sites is 2. The van der Waals surface area contributed by atoms with E-state index >= 15 is 0 Å². The second-order valence-corrected chi connectivity index (χ2v) is 7.08. The third-order valence-electron chi connectivity index (χ3n) is 4.03. The predicted molar refractivity (Wildman–Crippen MR) is 111 cm³/mol. The van der Waals surface area contributed by atoms with Crippen LogP contribution in [-0.2, 0) is 9.59 Å². The van der Waals surface area contributed by atoms with E-state index in [2.05, 4.69) is 0 Å². The molecule has 1 N–H and O–H groups in total. The molecule has 2 amide bonds. The molecule has 2 aromatic rings. The molecule has 0 aromatic heterocycles. The summed E-state index contributed by atoms with van der Waals surface area (Å²) >= 11 is 0.838. The third-order valence-corrected chi connectivity index (χ3v) is 4.94. The average molecular weight is 429 g/mol. The first-order chi connectivity index (χ1) is 14.5. The minimum Gasteiger partial charge on any atom is -0.493 e. The van der Waals surface area contributed by atoms with Gasteiger partial charge >= 0.3 is 5.97 Å². The molecule has 2 aromatic carbocycles. The zero-order valence-electron chi connectivity index (χ0n) is 16.1. The number of imide groups is 1. The molecular weight excluding hydrogens is 410 g/mol. The number of aliphatic carboxylic acids is 1. The number of ether oxygens (including phenoxy) is 3. The topological polar surface area (TPSA) is 102 Å². The fourth-order valence-electron chi connectivity index (χ4n) is 2.67. The summed E-state index contributed by atoms with van der Waals surface area (Å²) in [4.78, 5) is 36.9. The lowest BCUT2D eigenvalue weighted by Gasteiger charge is -2.14. The monoisotopic (exact) mass is 429 g/mol. The van der Waals surface area contributed by atoms with Gasteiger partial charge in [-0.1, -0.05) is 24.3 Å². The van der Waals surface area contributed by atoms with Crippen LogP contribution in [-0.4, -0.2) is 54.0 Å². The number of methoxy groups -OCH3 is 1. The fourth-order valence-corrected chi connectivity index (χ4v) is 3.53. The second-order valence-electron chi connectivity index (χ2n) is 6.09. The van der Waals surface area contributed by atoms with E-state index in [1.807, 2.05) is 6.07 Å². The highest BCUT2D eigenvalue weighted by Crippen LogP contribution is 2.33. The van der Waals surface area contributed by atoms with Crippen molar-refractivity contribution in [3.05, 3.63) is 59.0 Å². The molecule has 1 heterocycles. The Labute approximate surface area is 177 Å². The molecule has 0 unspecified atom stereocenters. The normalized spacial score (nSPS) is 14.8. The predicted octanol–water partition coefficient (Wildman–Crippen LogP) is 3.27. The highest BCUT2D eigenvalue weighted by molar-refractivity contribution is 8.18. The zero-order chi connectivity index (χ0) is 21.5. The lowest BCUT2D eigenvalue weighted by Crippen LogP contribution is -2.32. The quantitative estimate of drug-likeness (QED) is 0.606. The van der Waals surface area contributed by atoms with Gasteiger partial charge in [0.1, 0.15) is 12.4 Å². The number of carbonyl (C=O) groups excluding carboxylic acids is 2. The Morgan fingerprint density at radius 1 is 1.10 bits per heavy atom. The Kier molecular flexibility index (Phi) is 6.97. The van der Waals surface area contributed by atoms with Gasteiger partial charge in [-0.15, -0.1) is 0 Å². The molecule has 0 saturated carbocycles. The van der Waals surface area contributed by atoms with Crippen LogP contribution >= 0.6 is 11.8 Å². The summed E-state index contributed by atoms with van der Waals surface area (Å²) in [6.07, 6.45) is 1.57. The van der Waals surface area contributed by atoms with Gasteiger partial charge < -0.3 is 19.3 Å². The molecule has 0 atom stereocenters. The van der Waals surface area contributed by atoms with E-state index in [1.165, 1.54) is 7.11 Å². The Morgan fingerprint density at radius 3 is 2.60 bits per heavy atom. The van der Waals surface area contributed by atoms with Crippen LogP contribution in [0, 0.1) is 0 Å². The Bertz CT molecular complexity index is 989. The molecule has 1 saturated heterocycles. The van der Waals surface area contributed by atoms with Crippen LogP contribution in [0.25, 0.3) is 6.08 Å². The smallest absolute Gasteiger partial charge is 0.341 e. The standard InChI is InChI=1S/C21H19NO7S/c1-27-16-7-2-3-8-17(16)28-10-9-22-20(25)18(30-21(22)26)12-14-5-4-6-15(11-14)29-13-19(23)24/h2-8,11-12H,9-10,13H2,1H3,(H,23,24)/b18-12-. The maximum absolute atomic E-state index is 12.6. The first kappa shape index (κ1) is 21.3. The molecule has 0 aliphatic carbocycles. The summed E-state index contributed by atoms with van der Waals surface area (Å²) in [5, 5.41) is 8.31. The summed E-state index contributed by atoms with van der Waals surface area (Å²) < 4.78 is 16.0. The number of rotatable bonds is 9. The summed E-state index contributed by atoms with van der Waals surface area (Å²) in [7, 11) is 1.53. The number of amides is 2. The first-order valence-electron chi connectivity index (χ1n) is 8.94. The molecule has 8 nitrogen and oxygen atoms in total. The molecule has 0 spiro atoms. The van der Waals surface area contributed by atoms with Crippen molar-refractivity contribution in [3.8, 4) is 17.2 Å². The van der Waals surface area contributed by atoms with E-state index in [4.69, 9.17) is 19.3 Å². The third kappa shape index (κ3) is 5.32. The van der Waals surface area contributed by atoms with Crippen molar-refractivity contribution in [2.24, 2.45) is 0 Å². The van der Waals surface area contributed by atoms with Crippen molar-refractivity contribution in [3.63, 3.8) is 0 Å². The van der Waals surface area contributed by atoms with Crippen LogP contribution in [0.5, 0.6) is 17.2 Å². The fraction of sp³-hybridized carbons (Fsp3) is 0.190. The number of carboxylic acid groups (broad SMARTS) is 1. The maximum Gasteiger partial charge on any atom is 0.341 e. The average Bonchev–Trinajstić information content (AvgIpc) is 3.00. The van der Waals surface area contributed by atoms with Gasteiger partial charge in [0.15, 0.2) is 18.1 Å². The molecule has 3 rings (SSSR count). The van der Waals surface area contributed by atoms with Crippen molar-refractivity contribution in [2.75, 3.05) is 26.9 Å². The van der Waals surface area contributed by atoms with E-state index in [0.29, 0.717) is 22.8 Å². The molecule has 1 fully saturated rings. The molecule has 1 aliphatic heterocycles. The van der Waals surface area contributed by atoms with Gasteiger partial charge in [-0.25, -0.2) is 4.79 Å². The number of hydrogen-bond donors (Lipinski definition) is 1. The minimum atomic E-state index is -1.09. The van der Waals surface area contributed by atoms with Crippen LogP contribution in [0.4, 0.5) is 4.79 Å². The molecule has 0 bridgehead atoms. The molecule has 156 valence electrons. The highest BCUT2D eigenvalue weighted by Gasteiger charge is 2.34. The van der Waals surface area contributed by atoms with E-state index in [1.54, 1.807) is 48.5 Å². The van der Waals surface area contributed by atoms with E-state index in [0.717, 1.165) is 16.7 Å². The highest BCUT2D eigenvalue weighted by atomic mass is 32.2. The largest absolute Gasteiger partial charge is 0.493 e. The van der Waals surface area contributed by atoms with Crippen molar-refractivity contribution < 1.29 is 33.7 Å². The number of thioether (sulfide) groups is 1. The van der Waals surface area contributed by atoms with Gasteiger partial charge in [-0.05, 0) is 47.7 Å².